The molecule has 1 aliphatic carbocycles. The number of amides is 2. The molecule has 1 spiro atoms. The second-order valence-electron chi connectivity index (χ2n) is 9.69. The van der Waals surface area contributed by atoms with Gasteiger partial charge in [0.25, 0.3) is 0 Å². The third-order valence-electron chi connectivity index (χ3n) is 6.91. The van der Waals surface area contributed by atoms with Gasteiger partial charge in [-0.1, -0.05) is 36.4 Å². The number of benzene rings is 2. The minimum absolute atomic E-state index is 0.0252. The lowest BCUT2D eigenvalue weighted by Crippen LogP contribution is -2.41. The first-order valence-corrected chi connectivity index (χ1v) is 13.8. The number of ketones is 1. The molecule has 40 heavy (non-hydrogen) atoms. The van der Waals surface area contributed by atoms with Crippen LogP contribution in [-0.2, 0) is 38.5 Å². The van der Waals surface area contributed by atoms with Gasteiger partial charge >= 0.3 is 6.09 Å². The summed E-state index contributed by atoms with van der Waals surface area (Å²) in [7, 11) is 0. The third kappa shape index (κ3) is 5.91. The summed E-state index contributed by atoms with van der Waals surface area (Å²) in [6.45, 7) is 2.38. The number of fused-ring (bicyclic) bond motifs is 1. The highest BCUT2D eigenvalue weighted by atomic mass is 32.1. The van der Waals surface area contributed by atoms with Gasteiger partial charge in [-0.2, -0.15) is 0 Å². The Morgan fingerprint density at radius 2 is 1.73 bits per heavy atom. The maximum Gasteiger partial charge on any atom is 0.408 e. The van der Waals surface area contributed by atoms with Crippen molar-refractivity contribution in [2.75, 3.05) is 18.5 Å². The van der Waals surface area contributed by atoms with Gasteiger partial charge in [-0.15, -0.1) is 11.3 Å². The molecule has 11 heteroatoms. The zero-order valence-corrected chi connectivity index (χ0v) is 22.6. The van der Waals surface area contributed by atoms with E-state index >= 15 is 0 Å². The Morgan fingerprint density at radius 3 is 2.42 bits per heavy atom. The minimum Gasteiger partial charge on any atom is -0.445 e. The number of anilines is 1. The van der Waals surface area contributed by atoms with Crippen LogP contribution >= 0.6 is 11.3 Å². The van der Waals surface area contributed by atoms with Crippen LogP contribution in [0.25, 0.3) is 0 Å². The monoisotopic (exact) mass is 570 g/mol. The van der Waals surface area contributed by atoms with Crippen LogP contribution in [0, 0.1) is 11.6 Å². The topological polar surface area (TPSA) is 103 Å². The zero-order valence-electron chi connectivity index (χ0n) is 21.8. The van der Waals surface area contributed by atoms with Crippen LogP contribution in [0.4, 0.5) is 18.6 Å². The number of halogens is 2. The molecule has 0 radical (unpaired) electrons. The standard InChI is InChI=1S/C29H28F2N2O6S/c1-17(32-28(36)37-16-18-7-3-2-4-8-18)26(35)33-27-23(25(34)24-20(30)10-5-11-21(24)31)19-9-6-12-29(15-22(19)40-27)38-13-14-39-29/h2-5,7-8,10-11,17H,6,9,12-16H2,1H3,(H,32,36)(H,33,35)/t17-/m0/s1. The quantitative estimate of drug-likeness (QED) is 0.382. The highest BCUT2D eigenvalue weighted by Crippen LogP contribution is 2.43. The molecular weight excluding hydrogens is 542 g/mol. The van der Waals surface area contributed by atoms with Gasteiger partial charge in [0, 0.05) is 17.7 Å². The van der Waals surface area contributed by atoms with Crippen LogP contribution in [0.3, 0.4) is 0 Å². The summed E-state index contributed by atoms with van der Waals surface area (Å²) in [6.07, 6.45) is 1.19. The van der Waals surface area contributed by atoms with Crippen molar-refractivity contribution in [3.05, 3.63) is 87.3 Å². The average Bonchev–Trinajstić information content (AvgIpc) is 3.47. The van der Waals surface area contributed by atoms with E-state index in [0.29, 0.717) is 44.5 Å². The van der Waals surface area contributed by atoms with E-state index in [2.05, 4.69) is 10.6 Å². The van der Waals surface area contributed by atoms with Gasteiger partial charge in [0.15, 0.2) is 5.79 Å². The van der Waals surface area contributed by atoms with Crippen molar-refractivity contribution in [2.45, 2.75) is 51.0 Å². The lowest BCUT2D eigenvalue weighted by Gasteiger charge is -2.25. The second-order valence-corrected chi connectivity index (χ2v) is 10.8. The van der Waals surface area contributed by atoms with Crippen molar-refractivity contribution >= 4 is 34.1 Å². The van der Waals surface area contributed by atoms with Gasteiger partial charge in [-0.3, -0.25) is 9.59 Å². The molecule has 1 saturated heterocycles. The number of alkyl carbamates (subject to hydrolysis) is 1. The number of thiophene rings is 1. The number of ether oxygens (including phenoxy) is 3. The molecule has 8 nitrogen and oxygen atoms in total. The van der Waals surface area contributed by atoms with Crippen LogP contribution < -0.4 is 10.6 Å². The molecule has 0 saturated carbocycles. The van der Waals surface area contributed by atoms with Crippen LogP contribution in [0.15, 0.2) is 48.5 Å². The van der Waals surface area contributed by atoms with E-state index < -0.39 is 46.8 Å². The molecule has 3 aromatic rings. The molecule has 1 atom stereocenters. The number of hydrogen-bond acceptors (Lipinski definition) is 7. The van der Waals surface area contributed by atoms with Crippen molar-refractivity contribution in [3.63, 3.8) is 0 Å². The summed E-state index contributed by atoms with van der Waals surface area (Å²) in [4.78, 5) is 39.8. The largest absolute Gasteiger partial charge is 0.445 e. The number of carbonyl (C=O) groups is 3. The summed E-state index contributed by atoms with van der Waals surface area (Å²) < 4.78 is 46.3. The van der Waals surface area contributed by atoms with E-state index in [0.717, 1.165) is 33.9 Å². The molecule has 0 bridgehead atoms. The predicted octanol–water partition coefficient (Wildman–Crippen LogP) is 5.13. The Balaban J connectivity index is 1.39. The van der Waals surface area contributed by atoms with E-state index in [1.807, 2.05) is 18.2 Å². The molecule has 2 amide bonds. The van der Waals surface area contributed by atoms with E-state index in [9.17, 15) is 23.2 Å². The van der Waals surface area contributed by atoms with Gasteiger partial charge in [0.1, 0.15) is 29.3 Å². The van der Waals surface area contributed by atoms with Gasteiger partial charge in [-0.25, -0.2) is 13.6 Å². The van der Waals surface area contributed by atoms with E-state index in [1.54, 1.807) is 12.1 Å². The van der Waals surface area contributed by atoms with Gasteiger partial charge in [0.05, 0.1) is 24.3 Å². The van der Waals surface area contributed by atoms with E-state index in [1.165, 1.54) is 13.0 Å². The van der Waals surface area contributed by atoms with Crippen molar-refractivity contribution < 1.29 is 37.4 Å². The van der Waals surface area contributed by atoms with Crippen molar-refractivity contribution in [1.82, 2.24) is 5.32 Å². The molecule has 0 unspecified atom stereocenters. The molecule has 1 aromatic heterocycles. The fraction of sp³-hybridized carbons (Fsp3) is 0.345. The summed E-state index contributed by atoms with van der Waals surface area (Å²) in [5, 5.41) is 5.31. The maximum atomic E-state index is 14.7. The molecule has 5 rings (SSSR count). The SMILES string of the molecule is C[C@H](NC(=O)OCc1ccccc1)C(=O)Nc1sc2c(c1C(=O)c1c(F)cccc1F)CCCC1(C2)OCCO1. The van der Waals surface area contributed by atoms with Crippen molar-refractivity contribution in [2.24, 2.45) is 0 Å². The van der Waals surface area contributed by atoms with Crippen LogP contribution in [0.1, 0.15) is 51.7 Å². The fourth-order valence-electron chi connectivity index (χ4n) is 4.93. The number of rotatable bonds is 7. The summed E-state index contributed by atoms with van der Waals surface area (Å²) in [5.74, 6) is -4.31. The second kappa shape index (κ2) is 11.8. The summed E-state index contributed by atoms with van der Waals surface area (Å²) in [6, 6.07) is 11.2. The lowest BCUT2D eigenvalue weighted by atomic mass is 9.97. The molecule has 210 valence electrons. The number of carbonyl (C=O) groups excluding carboxylic acids is 3. The third-order valence-corrected chi connectivity index (χ3v) is 8.06. The number of hydrogen-bond donors (Lipinski definition) is 2. The minimum atomic E-state index is -1.04. The molecule has 2 heterocycles. The molecule has 1 fully saturated rings. The van der Waals surface area contributed by atoms with Crippen LogP contribution in [0.2, 0.25) is 0 Å². The van der Waals surface area contributed by atoms with Crippen LogP contribution in [-0.4, -0.2) is 42.8 Å². The first-order chi connectivity index (χ1) is 19.3. The lowest BCUT2D eigenvalue weighted by molar-refractivity contribution is -0.159. The zero-order chi connectivity index (χ0) is 28.3. The van der Waals surface area contributed by atoms with Crippen LogP contribution in [0.5, 0.6) is 0 Å². The van der Waals surface area contributed by atoms with Gasteiger partial charge in [0.2, 0.25) is 11.7 Å². The molecule has 1 aliphatic heterocycles. The highest BCUT2D eigenvalue weighted by Gasteiger charge is 2.41. The Bertz CT molecular complexity index is 1400. The first kappa shape index (κ1) is 27.9. The summed E-state index contributed by atoms with van der Waals surface area (Å²) in [5.41, 5.74) is 0.728. The molecular formula is C29H28F2N2O6S. The smallest absolute Gasteiger partial charge is 0.408 e. The fourth-order valence-corrected chi connectivity index (χ4v) is 6.26. The molecule has 2 aromatic carbocycles. The number of nitrogens with one attached hydrogen (secondary N) is 2. The Morgan fingerprint density at radius 1 is 1.02 bits per heavy atom. The molecule has 2 N–H and O–H groups in total. The summed E-state index contributed by atoms with van der Waals surface area (Å²) >= 11 is 1.14. The Kier molecular flexibility index (Phi) is 8.24. The Labute approximate surface area is 233 Å². The normalized spacial score (nSPS) is 16.6. The van der Waals surface area contributed by atoms with Crippen molar-refractivity contribution in [3.8, 4) is 0 Å². The molecule has 2 aliphatic rings. The average molecular weight is 571 g/mol. The van der Waals surface area contributed by atoms with Gasteiger partial charge in [-0.05, 0) is 43.0 Å². The van der Waals surface area contributed by atoms with Crippen molar-refractivity contribution in [1.29, 1.82) is 0 Å². The van der Waals surface area contributed by atoms with E-state index in [4.69, 9.17) is 14.2 Å². The highest BCUT2D eigenvalue weighted by molar-refractivity contribution is 7.17. The Hall–Kier alpha value is -3.67. The van der Waals surface area contributed by atoms with Gasteiger partial charge < -0.3 is 24.8 Å². The predicted molar refractivity (Wildman–Crippen MR) is 143 cm³/mol. The van der Waals surface area contributed by atoms with E-state index in [-0.39, 0.29) is 17.2 Å². The maximum absolute atomic E-state index is 14.7. The first-order valence-electron chi connectivity index (χ1n) is 13.0.